The Morgan fingerprint density at radius 1 is 1.36 bits per heavy atom. The molecular formula is C15H18F3NO3. The molecule has 1 aliphatic rings. The molecule has 1 heterocycles. The van der Waals surface area contributed by atoms with Crippen molar-refractivity contribution in [3.63, 3.8) is 0 Å². The van der Waals surface area contributed by atoms with E-state index in [9.17, 15) is 18.0 Å². The number of alkyl carbamates (subject to hydrolysis) is 1. The van der Waals surface area contributed by atoms with E-state index in [2.05, 4.69) is 5.32 Å². The van der Waals surface area contributed by atoms with Gasteiger partial charge in [-0.2, -0.15) is 0 Å². The molecule has 2 unspecified atom stereocenters. The van der Waals surface area contributed by atoms with Crippen LogP contribution in [-0.4, -0.2) is 30.4 Å². The van der Waals surface area contributed by atoms with E-state index < -0.39 is 35.2 Å². The molecule has 1 aromatic rings. The van der Waals surface area contributed by atoms with E-state index in [1.54, 1.807) is 20.8 Å². The third kappa shape index (κ3) is 4.62. The van der Waals surface area contributed by atoms with Gasteiger partial charge in [-0.1, -0.05) is 0 Å². The molecule has 1 aromatic carbocycles. The highest BCUT2D eigenvalue weighted by molar-refractivity contribution is 5.68. The van der Waals surface area contributed by atoms with E-state index in [0.29, 0.717) is 6.61 Å². The van der Waals surface area contributed by atoms with Gasteiger partial charge in [0.25, 0.3) is 0 Å². The minimum absolute atomic E-state index is 0.109. The van der Waals surface area contributed by atoms with Crippen molar-refractivity contribution < 1.29 is 27.4 Å². The van der Waals surface area contributed by atoms with Crippen LogP contribution in [0.15, 0.2) is 12.1 Å². The third-order valence-electron chi connectivity index (χ3n) is 3.01. The minimum Gasteiger partial charge on any atom is -0.444 e. The van der Waals surface area contributed by atoms with Crippen LogP contribution >= 0.6 is 0 Å². The van der Waals surface area contributed by atoms with Gasteiger partial charge in [-0.25, -0.2) is 18.0 Å². The number of carbonyl (C=O) groups excluding carboxylic acids is 1. The maximum absolute atomic E-state index is 13.2. The van der Waals surface area contributed by atoms with Crippen LogP contribution in [-0.2, 0) is 15.9 Å². The molecule has 0 aromatic heterocycles. The Kier molecular flexibility index (Phi) is 4.65. The lowest BCUT2D eigenvalue weighted by atomic mass is 10.0. The molecule has 7 heteroatoms. The van der Waals surface area contributed by atoms with Gasteiger partial charge in [0.15, 0.2) is 17.5 Å². The largest absolute Gasteiger partial charge is 0.444 e. The molecule has 1 amide bonds. The summed E-state index contributed by atoms with van der Waals surface area (Å²) in [4.78, 5) is 11.8. The molecule has 2 atom stereocenters. The summed E-state index contributed by atoms with van der Waals surface area (Å²) in [6.45, 7) is 5.60. The van der Waals surface area contributed by atoms with Crippen molar-refractivity contribution in [1.82, 2.24) is 5.32 Å². The van der Waals surface area contributed by atoms with E-state index in [0.717, 1.165) is 12.1 Å². The lowest BCUT2D eigenvalue weighted by Gasteiger charge is -2.23. The van der Waals surface area contributed by atoms with Gasteiger partial charge < -0.3 is 14.8 Å². The molecule has 0 saturated carbocycles. The number of amides is 1. The Bertz CT molecular complexity index is 545. The maximum Gasteiger partial charge on any atom is 0.407 e. The van der Waals surface area contributed by atoms with Crippen LogP contribution in [0.4, 0.5) is 18.0 Å². The monoisotopic (exact) mass is 317 g/mol. The average Bonchev–Trinajstić information content (AvgIpc) is 3.16. The number of rotatable bonds is 4. The van der Waals surface area contributed by atoms with Crippen LogP contribution in [0.5, 0.6) is 0 Å². The number of halogens is 3. The van der Waals surface area contributed by atoms with Gasteiger partial charge in [-0.05, 0) is 44.9 Å². The summed E-state index contributed by atoms with van der Waals surface area (Å²) in [6, 6.07) is 1.31. The first-order valence-corrected chi connectivity index (χ1v) is 6.90. The standard InChI is InChI=1S/C15H18F3NO3/c1-15(2,3)22-14(20)19-11(12-7-21-12)6-8-4-9(16)13(18)10(17)5-8/h4-5,11-12H,6-7H2,1-3H3,(H,19,20). The van der Waals surface area contributed by atoms with Crippen molar-refractivity contribution in [2.24, 2.45) is 0 Å². The van der Waals surface area contributed by atoms with E-state index in [-0.39, 0.29) is 18.1 Å². The van der Waals surface area contributed by atoms with Crippen LogP contribution in [0.1, 0.15) is 26.3 Å². The number of nitrogens with one attached hydrogen (secondary N) is 1. The molecule has 1 aliphatic heterocycles. The van der Waals surface area contributed by atoms with Crippen molar-refractivity contribution in [2.75, 3.05) is 6.61 Å². The first-order valence-electron chi connectivity index (χ1n) is 6.90. The number of hydrogen-bond acceptors (Lipinski definition) is 3. The predicted molar refractivity (Wildman–Crippen MR) is 72.9 cm³/mol. The van der Waals surface area contributed by atoms with Crippen molar-refractivity contribution in [1.29, 1.82) is 0 Å². The maximum atomic E-state index is 13.2. The van der Waals surface area contributed by atoms with Crippen LogP contribution in [0.25, 0.3) is 0 Å². The lowest BCUT2D eigenvalue weighted by molar-refractivity contribution is 0.0495. The fraction of sp³-hybridized carbons (Fsp3) is 0.533. The topological polar surface area (TPSA) is 50.9 Å². The highest BCUT2D eigenvalue weighted by Gasteiger charge is 2.35. The summed E-state index contributed by atoms with van der Waals surface area (Å²) in [5, 5.41) is 2.61. The van der Waals surface area contributed by atoms with E-state index >= 15 is 0 Å². The molecule has 0 bridgehead atoms. The molecule has 1 N–H and O–H groups in total. The summed E-state index contributed by atoms with van der Waals surface area (Å²) < 4.78 is 49.7. The molecule has 1 fully saturated rings. The zero-order valence-electron chi connectivity index (χ0n) is 12.6. The number of carbonyl (C=O) groups is 1. The van der Waals surface area contributed by atoms with Gasteiger partial charge in [0.05, 0.1) is 12.6 Å². The fourth-order valence-corrected chi connectivity index (χ4v) is 2.00. The van der Waals surface area contributed by atoms with Crippen molar-refractivity contribution in [3.8, 4) is 0 Å². The highest BCUT2D eigenvalue weighted by Crippen LogP contribution is 2.21. The van der Waals surface area contributed by atoms with Crippen LogP contribution in [0, 0.1) is 17.5 Å². The third-order valence-corrected chi connectivity index (χ3v) is 3.01. The molecule has 2 rings (SSSR count). The molecule has 22 heavy (non-hydrogen) atoms. The van der Waals surface area contributed by atoms with E-state index in [1.165, 1.54) is 0 Å². The molecule has 0 radical (unpaired) electrons. The fourth-order valence-electron chi connectivity index (χ4n) is 2.00. The van der Waals surface area contributed by atoms with E-state index in [4.69, 9.17) is 9.47 Å². The molecule has 4 nitrogen and oxygen atoms in total. The van der Waals surface area contributed by atoms with Gasteiger partial charge in [0.1, 0.15) is 11.7 Å². The average molecular weight is 317 g/mol. The summed E-state index contributed by atoms with van der Waals surface area (Å²) in [5.41, 5.74) is -0.430. The second-order valence-electron chi connectivity index (χ2n) is 6.20. The second-order valence-corrected chi connectivity index (χ2v) is 6.20. The Morgan fingerprint density at radius 3 is 2.36 bits per heavy atom. The Morgan fingerprint density at radius 2 is 1.91 bits per heavy atom. The summed E-state index contributed by atoms with van der Waals surface area (Å²) in [5.74, 6) is -4.03. The summed E-state index contributed by atoms with van der Waals surface area (Å²) in [6.07, 6.45) is -0.780. The lowest BCUT2D eigenvalue weighted by Crippen LogP contribution is -2.43. The summed E-state index contributed by atoms with van der Waals surface area (Å²) >= 11 is 0. The van der Waals surface area contributed by atoms with E-state index in [1.807, 2.05) is 0 Å². The quantitative estimate of drug-likeness (QED) is 0.686. The van der Waals surface area contributed by atoms with Crippen molar-refractivity contribution in [3.05, 3.63) is 35.1 Å². The molecular weight excluding hydrogens is 299 g/mol. The smallest absolute Gasteiger partial charge is 0.407 e. The van der Waals surface area contributed by atoms with Crippen LogP contribution in [0.2, 0.25) is 0 Å². The van der Waals surface area contributed by atoms with Gasteiger partial charge in [-0.15, -0.1) is 0 Å². The minimum atomic E-state index is -1.51. The normalized spacial score (nSPS) is 18.7. The van der Waals surface area contributed by atoms with Crippen LogP contribution in [0.3, 0.4) is 0 Å². The first kappa shape index (κ1) is 16.6. The Labute approximate surface area is 126 Å². The predicted octanol–water partition coefficient (Wildman–Crippen LogP) is 2.94. The van der Waals surface area contributed by atoms with Gasteiger partial charge in [-0.3, -0.25) is 0 Å². The molecule has 122 valence electrons. The highest BCUT2D eigenvalue weighted by atomic mass is 19.2. The molecule has 1 saturated heterocycles. The van der Waals surface area contributed by atoms with Crippen LogP contribution < -0.4 is 5.32 Å². The Balaban J connectivity index is 2.05. The summed E-state index contributed by atoms with van der Waals surface area (Å²) in [7, 11) is 0. The van der Waals surface area contributed by atoms with Gasteiger partial charge in [0.2, 0.25) is 0 Å². The zero-order valence-corrected chi connectivity index (χ0v) is 12.6. The number of benzene rings is 1. The van der Waals surface area contributed by atoms with Gasteiger partial charge in [0, 0.05) is 0 Å². The van der Waals surface area contributed by atoms with Crippen molar-refractivity contribution in [2.45, 2.75) is 44.9 Å². The second kappa shape index (κ2) is 6.16. The SMILES string of the molecule is CC(C)(C)OC(=O)NC(Cc1cc(F)c(F)c(F)c1)C1CO1. The Hall–Kier alpha value is -1.76. The first-order chi connectivity index (χ1) is 10.2. The number of ether oxygens (including phenoxy) is 2. The van der Waals surface area contributed by atoms with Gasteiger partial charge >= 0.3 is 6.09 Å². The zero-order chi connectivity index (χ0) is 16.5. The molecule has 0 aliphatic carbocycles. The van der Waals surface area contributed by atoms with Crippen molar-refractivity contribution >= 4 is 6.09 Å². The number of epoxide rings is 1. The number of hydrogen-bond donors (Lipinski definition) is 1. The molecule has 0 spiro atoms.